The van der Waals surface area contributed by atoms with Gasteiger partial charge in [-0.1, -0.05) is 0 Å². The average Bonchev–Trinajstić information content (AvgIpc) is 2.97. The van der Waals surface area contributed by atoms with Gasteiger partial charge in [0, 0.05) is 31.7 Å². The molecule has 3 heterocycles. The molecule has 4 atom stereocenters. The number of aliphatic carboxylic acids is 1. The molecule has 108 valence electrons. The van der Waals surface area contributed by atoms with Gasteiger partial charge in [0.2, 0.25) is 0 Å². The molecule has 1 N–H and O–H groups in total. The molecule has 5 nitrogen and oxygen atoms in total. The molecule has 4 unspecified atom stereocenters. The molecule has 0 aromatic heterocycles. The van der Waals surface area contributed by atoms with Crippen LogP contribution < -0.4 is 0 Å². The van der Waals surface area contributed by atoms with Gasteiger partial charge in [-0.25, -0.2) is 0 Å². The molecule has 3 fully saturated rings. The minimum Gasteiger partial charge on any atom is -0.481 e. The zero-order valence-electron chi connectivity index (χ0n) is 11.5. The Morgan fingerprint density at radius 3 is 2.84 bits per heavy atom. The van der Waals surface area contributed by atoms with Crippen molar-refractivity contribution in [3.05, 3.63) is 0 Å². The van der Waals surface area contributed by atoms with Crippen molar-refractivity contribution in [2.24, 2.45) is 5.92 Å². The summed E-state index contributed by atoms with van der Waals surface area (Å²) in [4.78, 5) is 13.6. The summed E-state index contributed by atoms with van der Waals surface area (Å²) in [5.41, 5.74) is -0.0933. The van der Waals surface area contributed by atoms with Crippen LogP contribution in [0.3, 0.4) is 0 Å². The zero-order valence-corrected chi connectivity index (χ0v) is 11.5. The molecule has 1 spiro atoms. The van der Waals surface area contributed by atoms with E-state index in [4.69, 9.17) is 9.47 Å². The summed E-state index contributed by atoms with van der Waals surface area (Å²) >= 11 is 0. The third kappa shape index (κ3) is 2.39. The van der Waals surface area contributed by atoms with Gasteiger partial charge in [-0.3, -0.25) is 9.69 Å². The maximum atomic E-state index is 11.2. The lowest BCUT2D eigenvalue weighted by Gasteiger charge is -2.42. The van der Waals surface area contributed by atoms with Crippen LogP contribution >= 0.6 is 0 Å². The largest absolute Gasteiger partial charge is 0.481 e. The maximum Gasteiger partial charge on any atom is 0.308 e. The first-order chi connectivity index (χ1) is 9.11. The molecule has 0 amide bonds. The van der Waals surface area contributed by atoms with Crippen molar-refractivity contribution in [2.75, 3.05) is 26.4 Å². The van der Waals surface area contributed by atoms with Crippen LogP contribution in [0.25, 0.3) is 0 Å². The lowest BCUT2D eigenvalue weighted by atomic mass is 9.88. The second-order valence-electron chi connectivity index (χ2n) is 6.19. The van der Waals surface area contributed by atoms with E-state index >= 15 is 0 Å². The van der Waals surface area contributed by atoms with Gasteiger partial charge in [0.25, 0.3) is 0 Å². The van der Waals surface area contributed by atoms with E-state index in [9.17, 15) is 9.90 Å². The number of ether oxygens (including phenoxy) is 2. The predicted octanol–water partition coefficient (Wildman–Crippen LogP) is 1.12. The molecule has 0 bridgehead atoms. The van der Waals surface area contributed by atoms with Gasteiger partial charge >= 0.3 is 5.97 Å². The quantitative estimate of drug-likeness (QED) is 0.814. The van der Waals surface area contributed by atoms with Crippen LogP contribution in [0.4, 0.5) is 0 Å². The van der Waals surface area contributed by atoms with Crippen LogP contribution in [0.1, 0.15) is 32.6 Å². The second-order valence-corrected chi connectivity index (χ2v) is 6.19. The highest BCUT2D eigenvalue weighted by Crippen LogP contribution is 2.38. The molecule has 3 aliphatic rings. The summed E-state index contributed by atoms with van der Waals surface area (Å²) in [6.07, 6.45) is 3.76. The van der Waals surface area contributed by atoms with E-state index in [2.05, 4.69) is 11.8 Å². The monoisotopic (exact) mass is 269 g/mol. The fraction of sp³-hybridized carbons (Fsp3) is 0.929. The van der Waals surface area contributed by atoms with Gasteiger partial charge < -0.3 is 14.6 Å². The Bertz CT molecular complexity index is 353. The van der Waals surface area contributed by atoms with Crippen LogP contribution in [0.15, 0.2) is 0 Å². The predicted molar refractivity (Wildman–Crippen MR) is 69.1 cm³/mol. The number of hydrogen-bond acceptors (Lipinski definition) is 4. The number of likely N-dealkylation sites (tertiary alicyclic amines) is 1. The number of carboxylic acids is 1. The molecule has 0 aliphatic carbocycles. The van der Waals surface area contributed by atoms with Crippen molar-refractivity contribution < 1.29 is 19.4 Å². The third-order valence-corrected chi connectivity index (χ3v) is 5.12. The normalized spacial score (nSPS) is 43.9. The smallest absolute Gasteiger partial charge is 0.308 e. The third-order valence-electron chi connectivity index (χ3n) is 5.12. The molecule has 0 aromatic carbocycles. The van der Waals surface area contributed by atoms with Gasteiger partial charge in [-0.15, -0.1) is 0 Å². The minimum atomic E-state index is -0.652. The fourth-order valence-electron chi connectivity index (χ4n) is 3.96. The summed E-state index contributed by atoms with van der Waals surface area (Å²) in [5, 5.41) is 9.23. The van der Waals surface area contributed by atoms with Gasteiger partial charge in [-0.05, 0) is 32.7 Å². The van der Waals surface area contributed by atoms with E-state index in [1.807, 2.05) is 0 Å². The van der Waals surface area contributed by atoms with E-state index < -0.39 is 5.97 Å². The second kappa shape index (κ2) is 5.04. The van der Waals surface area contributed by atoms with Crippen molar-refractivity contribution in [2.45, 2.75) is 50.3 Å². The van der Waals surface area contributed by atoms with E-state index in [0.717, 1.165) is 45.4 Å². The highest BCUT2D eigenvalue weighted by atomic mass is 16.6. The summed E-state index contributed by atoms with van der Waals surface area (Å²) in [7, 11) is 0. The Balaban J connectivity index is 1.67. The lowest BCUT2D eigenvalue weighted by molar-refractivity contribution is -0.143. The standard InChI is InChI=1S/C14H23NO4/c1-10-12(13(16)17)2-5-15(10)11-3-6-19-14(8-11)4-7-18-9-14/h10-12H,2-9H2,1H3,(H,16,17). The molecular weight excluding hydrogens is 246 g/mol. The summed E-state index contributed by atoms with van der Waals surface area (Å²) in [6.45, 7) is 5.22. The number of carbonyl (C=O) groups is 1. The summed E-state index contributed by atoms with van der Waals surface area (Å²) in [6, 6.07) is 0.592. The molecule has 0 radical (unpaired) electrons. The first kappa shape index (κ1) is 13.3. The highest BCUT2D eigenvalue weighted by molar-refractivity contribution is 5.71. The Morgan fingerprint density at radius 2 is 2.21 bits per heavy atom. The van der Waals surface area contributed by atoms with Crippen molar-refractivity contribution >= 4 is 5.97 Å². The molecule has 0 aromatic rings. The Morgan fingerprint density at radius 1 is 1.37 bits per heavy atom. The Kier molecular flexibility index (Phi) is 3.53. The topological polar surface area (TPSA) is 59.0 Å². The van der Waals surface area contributed by atoms with Crippen LogP contribution in [0, 0.1) is 5.92 Å². The van der Waals surface area contributed by atoms with Crippen molar-refractivity contribution in [1.82, 2.24) is 4.90 Å². The number of rotatable bonds is 2. The first-order valence-electron chi connectivity index (χ1n) is 7.32. The van der Waals surface area contributed by atoms with Gasteiger partial charge in [0.05, 0.1) is 18.1 Å². The van der Waals surface area contributed by atoms with E-state index in [1.165, 1.54) is 0 Å². The van der Waals surface area contributed by atoms with Gasteiger partial charge in [-0.2, -0.15) is 0 Å². The molecule has 3 rings (SSSR count). The minimum absolute atomic E-state index is 0.0933. The first-order valence-corrected chi connectivity index (χ1v) is 7.32. The van der Waals surface area contributed by atoms with E-state index in [1.54, 1.807) is 0 Å². The number of nitrogens with zero attached hydrogens (tertiary/aromatic N) is 1. The van der Waals surface area contributed by atoms with Gasteiger partial charge in [0.1, 0.15) is 0 Å². The van der Waals surface area contributed by atoms with Gasteiger partial charge in [0.15, 0.2) is 0 Å². The van der Waals surface area contributed by atoms with Crippen LogP contribution in [0.2, 0.25) is 0 Å². The number of carboxylic acid groups (broad SMARTS) is 1. The SMILES string of the molecule is CC1C(C(=O)O)CCN1C1CCOC2(CCOC2)C1. The summed E-state index contributed by atoms with van der Waals surface area (Å²) in [5.74, 6) is -0.861. The maximum absolute atomic E-state index is 11.2. The van der Waals surface area contributed by atoms with Crippen LogP contribution in [-0.4, -0.2) is 60.0 Å². The molecule has 19 heavy (non-hydrogen) atoms. The highest BCUT2D eigenvalue weighted by Gasteiger charge is 2.46. The lowest BCUT2D eigenvalue weighted by Crippen LogP contribution is -2.50. The van der Waals surface area contributed by atoms with E-state index in [0.29, 0.717) is 12.6 Å². The molecule has 3 aliphatic heterocycles. The Labute approximate surface area is 113 Å². The fourth-order valence-corrected chi connectivity index (χ4v) is 3.96. The molecule has 3 saturated heterocycles. The molecular formula is C14H23NO4. The van der Waals surface area contributed by atoms with Crippen molar-refractivity contribution in [1.29, 1.82) is 0 Å². The van der Waals surface area contributed by atoms with Crippen molar-refractivity contribution in [3.63, 3.8) is 0 Å². The zero-order chi connectivity index (χ0) is 13.5. The van der Waals surface area contributed by atoms with Crippen LogP contribution in [-0.2, 0) is 14.3 Å². The summed E-state index contributed by atoms with van der Waals surface area (Å²) < 4.78 is 11.5. The average molecular weight is 269 g/mol. The molecule has 5 heteroatoms. The van der Waals surface area contributed by atoms with E-state index in [-0.39, 0.29) is 17.6 Å². The van der Waals surface area contributed by atoms with Crippen LogP contribution in [0.5, 0.6) is 0 Å². The molecule has 0 saturated carbocycles. The Hall–Kier alpha value is -0.650. The number of hydrogen-bond donors (Lipinski definition) is 1. The van der Waals surface area contributed by atoms with Crippen molar-refractivity contribution in [3.8, 4) is 0 Å².